The highest BCUT2D eigenvalue weighted by Gasteiger charge is 2.22. The lowest BCUT2D eigenvalue weighted by Crippen LogP contribution is -2.41. The van der Waals surface area contributed by atoms with Gasteiger partial charge in [0.25, 0.3) is 5.91 Å². The lowest BCUT2D eigenvalue weighted by atomic mass is 10.1. The van der Waals surface area contributed by atoms with Crippen molar-refractivity contribution < 1.29 is 23.5 Å². The number of hydrogen-bond acceptors (Lipinski definition) is 2. The van der Waals surface area contributed by atoms with E-state index < -0.39 is 29.6 Å². The van der Waals surface area contributed by atoms with Crippen LogP contribution in [0.1, 0.15) is 35.7 Å². The summed E-state index contributed by atoms with van der Waals surface area (Å²) in [6.07, 6.45) is 0.797. The van der Waals surface area contributed by atoms with Crippen molar-refractivity contribution in [1.29, 1.82) is 0 Å². The van der Waals surface area contributed by atoms with Crippen LogP contribution in [0.2, 0.25) is 0 Å². The van der Waals surface area contributed by atoms with Crippen molar-refractivity contribution in [3.63, 3.8) is 0 Å². The standard InChI is InChI=1S/C13H15F2NO3/c1-3-4-11(13(18)19)16-12(17)8-5-7(2)9(14)6-10(8)15/h5-6,11H,3-4H2,1-2H3,(H,16,17)(H,18,19)/t11-/m1/s1. The lowest BCUT2D eigenvalue weighted by Gasteiger charge is -2.14. The number of rotatable bonds is 5. The van der Waals surface area contributed by atoms with Gasteiger partial charge in [0, 0.05) is 6.07 Å². The van der Waals surface area contributed by atoms with E-state index in [-0.39, 0.29) is 17.5 Å². The first-order valence-corrected chi connectivity index (χ1v) is 5.86. The van der Waals surface area contributed by atoms with Gasteiger partial charge in [0.2, 0.25) is 0 Å². The van der Waals surface area contributed by atoms with E-state index in [1.807, 2.05) is 0 Å². The van der Waals surface area contributed by atoms with Gasteiger partial charge < -0.3 is 10.4 Å². The third-order valence-electron chi connectivity index (χ3n) is 2.67. The maximum atomic E-state index is 13.5. The minimum atomic E-state index is -1.19. The summed E-state index contributed by atoms with van der Waals surface area (Å²) in [6, 6.07) is 0.590. The summed E-state index contributed by atoms with van der Waals surface area (Å²) < 4.78 is 26.5. The molecule has 0 bridgehead atoms. The molecule has 1 atom stereocenters. The summed E-state index contributed by atoms with van der Waals surface area (Å²) in [5.41, 5.74) is -0.241. The maximum absolute atomic E-state index is 13.5. The Hall–Kier alpha value is -1.98. The number of halogens is 2. The highest BCUT2D eigenvalue weighted by Crippen LogP contribution is 2.14. The number of aryl methyl sites for hydroxylation is 1. The molecule has 0 aliphatic heterocycles. The number of benzene rings is 1. The minimum absolute atomic E-state index is 0.119. The summed E-state index contributed by atoms with van der Waals surface area (Å²) in [6.45, 7) is 3.16. The zero-order valence-corrected chi connectivity index (χ0v) is 10.7. The minimum Gasteiger partial charge on any atom is -0.480 e. The van der Waals surface area contributed by atoms with Crippen molar-refractivity contribution in [3.8, 4) is 0 Å². The lowest BCUT2D eigenvalue weighted by molar-refractivity contribution is -0.139. The Morgan fingerprint density at radius 2 is 1.95 bits per heavy atom. The highest BCUT2D eigenvalue weighted by atomic mass is 19.1. The van der Waals surface area contributed by atoms with Gasteiger partial charge in [-0.1, -0.05) is 13.3 Å². The summed E-state index contributed by atoms with van der Waals surface area (Å²) in [7, 11) is 0. The molecule has 1 aromatic rings. The molecule has 1 rings (SSSR count). The molecule has 4 nitrogen and oxygen atoms in total. The van der Waals surface area contributed by atoms with Crippen LogP contribution in [0.25, 0.3) is 0 Å². The molecule has 0 radical (unpaired) electrons. The molecule has 0 aromatic heterocycles. The van der Waals surface area contributed by atoms with E-state index in [0.29, 0.717) is 12.5 Å². The van der Waals surface area contributed by atoms with E-state index in [4.69, 9.17) is 5.11 Å². The van der Waals surface area contributed by atoms with Crippen LogP contribution in [0.4, 0.5) is 8.78 Å². The molecule has 0 spiro atoms. The number of nitrogens with one attached hydrogen (secondary N) is 1. The zero-order valence-electron chi connectivity index (χ0n) is 10.7. The smallest absolute Gasteiger partial charge is 0.326 e. The molecule has 19 heavy (non-hydrogen) atoms. The van der Waals surface area contributed by atoms with E-state index in [2.05, 4.69) is 5.32 Å². The third-order valence-corrected chi connectivity index (χ3v) is 2.67. The number of amides is 1. The largest absolute Gasteiger partial charge is 0.480 e. The molecule has 0 saturated carbocycles. The Kier molecular flexibility index (Phi) is 4.97. The number of carboxylic acids is 1. The SMILES string of the molecule is CCC[C@@H](NC(=O)c1cc(C)c(F)cc1F)C(=O)O. The fourth-order valence-electron chi connectivity index (χ4n) is 1.61. The van der Waals surface area contributed by atoms with Crippen molar-refractivity contribution in [2.24, 2.45) is 0 Å². The van der Waals surface area contributed by atoms with Gasteiger partial charge in [0.1, 0.15) is 17.7 Å². The van der Waals surface area contributed by atoms with Crippen LogP contribution in [0, 0.1) is 18.6 Å². The average molecular weight is 271 g/mol. The van der Waals surface area contributed by atoms with Crippen LogP contribution in [-0.2, 0) is 4.79 Å². The van der Waals surface area contributed by atoms with E-state index in [1.54, 1.807) is 6.92 Å². The molecular formula is C13H15F2NO3. The van der Waals surface area contributed by atoms with Crippen molar-refractivity contribution in [2.75, 3.05) is 0 Å². The average Bonchev–Trinajstić information content (AvgIpc) is 2.32. The Morgan fingerprint density at radius 3 is 2.47 bits per heavy atom. The van der Waals surface area contributed by atoms with E-state index >= 15 is 0 Å². The number of hydrogen-bond donors (Lipinski definition) is 2. The van der Waals surface area contributed by atoms with Gasteiger partial charge in [-0.25, -0.2) is 13.6 Å². The molecule has 1 aromatic carbocycles. The predicted octanol–water partition coefficient (Wildman–Crippen LogP) is 2.26. The summed E-state index contributed by atoms with van der Waals surface area (Å²) in [5, 5.41) is 11.1. The van der Waals surface area contributed by atoms with Gasteiger partial charge in [-0.3, -0.25) is 4.79 Å². The van der Waals surface area contributed by atoms with Crippen molar-refractivity contribution in [3.05, 3.63) is 34.9 Å². The molecular weight excluding hydrogens is 256 g/mol. The maximum Gasteiger partial charge on any atom is 0.326 e. The second-order valence-electron chi connectivity index (χ2n) is 4.23. The Morgan fingerprint density at radius 1 is 1.32 bits per heavy atom. The number of carbonyl (C=O) groups is 2. The van der Waals surface area contributed by atoms with Crippen molar-refractivity contribution in [2.45, 2.75) is 32.7 Å². The molecule has 0 aliphatic rings. The fourth-order valence-corrected chi connectivity index (χ4v) is 1.61. The second-order valence-corrected chi connectivity index (χ2v) is 4.23. The Labute approximate surface area is 109 Å². The molecule has 104 valence electrons. The van der Waals surface area contributed by atoms with Crippen LogP contribution in [-0.4, -0.2) is 23.0 Å². The summed E-state index contributed by atoms with van der Waals surface area (Å²) in [5.74, 6) is -3.81. The van der Waals surface area contributed by atoms with E-state index in [1.165, 1.54) is 6.92 Å². The molecule has 0 heterocycles. The second kappa shape index (κ2) is 6.26. The molecule has 6 heteroatoms. The highest BCUT2D eigenvalue weighted by molar-refractivity contribution is 5.97. The first-order valence-electron chi connectivity index (χ1n) is 5.86. The fraction of sp³-hybridized carbons (Fsp3) is 0.385. The first kappa shape index (κ1) is 15.1. The zero-order chi connectivity index (χ0) is 14.6. The molecule has 1 amide bonds. The van der Waals surface area contributed by atoms with Gasteiger partial charge in [0.15, 0.2) is 0 Å². The van der Waals surface area contributed by atoms with Gasteiger partial charge in [-0.05, 0) is 25.0 Å². The number of carboxylic acid groups (broad SMARTS) is 1. The predicted molar refractivity (Wildman–Crippen MR) is 64.9 cm³/mol. The Balaban J connectivity index is 2.94. The molecule has 0 fully saturated rings. The summed E-state index contributed by atoms with van der Waals surface area (Å²) >= 11 is 0. The van der Waals surface area contributed by atoms with Crippen molar-refractivity contribution >= 4 is 11.9 Å². The monoisotopic (exact) mass is 271 g/mol. The van der Waals surface area contributed by atoms with Crippen LogP contribution in [0.5, 0.6) is 0 Å². The van der Waals surface area contributed by atoms with Crippen LogP contribution < -0.4 is 5.32 Å². The first-order chi connectivity index (χ1) is 8.86. The van der Waals surface area contributed by atoms with Crippen LogP contribution >= 0.6 is 0 Å². The molecule has 2 N–H and O–H groups in total. The normalized spacial score (nSPS) is 12.0. The van der Waals surface area contributed by atoms with E-state index in [9.17, 15) is 18.4 Å². The number of aliphatic carboxylic acids is 1. The van der Waals surface area contributed by atoms with Crippen molar-refractivity contribution in [1.82, 2.24) is 5.32 Å². The third kappa shape index (κ3) is 3.74. The Bertz CT molecular complexity index is 503. The summed E-state index contributed by atoms with van der Waals surface area (Å²) in [4.78, 5) is 22.7. The van der Waals surface area contributed by atoms with Gasteiger partial charge in [0.05, 0.1) is 5.56 Å². The topological polar surface area (TPSA) is 66.4 Å². The molecule has 0 saturated heterocycles. The van der Waals surface area contributed by atoms with Gasteiger partial charge >= 0.3 is 5.97 Å². The molecule has 0 aliphatic carbocycles. The molecule has 0 unspecified atom stereocenters. The van der Waals surface area contributed by atoms with E-state index in [0.717, 1.165) is 6.07 Å². The van der Waals surface area contributed by atoms with Gasteiger partial charge in [-0.2, -0.15) is 0 Å². The van der Waals surface area contributed by atoms with Crippen LogP contribution in [0.3, 0.4) is 0 Å². The van der Waals surface area contributed by atoms with Gasteiger partial charge in [-0.15, -0.1) is 0 Å². The number of carbonyl (C=O) groups excluding carboxylic acids is 1. The van der Waals surface area contributed by atoms with Crippen LogP contribution in [0.15, 0.2) is 12.1 Å². The quantitative estimate of drug-likeness (QED) is 0.863.